The van der Waals surface area contributed by atoms with Crippen LogP contribution in [-0.4, -0.2) is 33.4 Å². The van der Waals surface area contributed by atoms with Crippen molar-refractivity contribution in [2.24, 2.45) is 0 Å². The highest BCUT2D eigenvalue weighted by atomic mass is 32.1. The van der Waals surface area contributed by atoms with Gasteiger partial charge in [-0.3, -0.25) is 18.7 Å². The van der Waals surface area contributed by atoms with Crippen LogP contribution in [0.15, 0.2) is 9.59 Å². The molecule has 0 aromatic carbocycles. The van der Waals surface area contributed by atoms with Gasteiger partial charge >= 0.3 is 17.8 Å². The molecule has 2 aromatic rings. The minimum Gasteiger partial charge on any atom is -0.459 e. The van der Waals surface area contributed by atoms with E-state index in [9.17, 15) is 27.6 Å². The standard InChI is InChI=1S/C22H30F3N3O4S/c1-13-14(11-26-12-15(29)32-20(2,3)4)33-18-16(13)17(30)28(21(5)7-6-8-21)19(31)27(18)10-9-22(23,24)25/h26H,6-12H2,1-5H3. The summed E-state index contributed by atoms with van der Waals surface area (Å²) >= 11 is 1.11. The second kappa shape index (κ2) is 8.90. The van der Waals surface area contributed by atoms with Crippen LogP contribution in [0.3, 0.4) is 0 Å². The predicted octanol–water partition coefficient (Wildman–Crippen LogP) is 3.82. The Balaban J connectivity index is 2.01. The first-order chi connectivity index (χ1) is 15.1. The van der Waals surface area contributed by atoms with Crippen LogP contribution in [0.5, 0.6) is 0 Å². The number of nitrogens with one attached hydrogen (secondary N) is 1. The lowest BCUT2D eigenvalue weighted by Gasteiger charge is -2.39. The first-order valence-electron chi connectivity index (χ1n) is 10.9. The average Bonchev–Trinajstić information content (AvgIpc) is 2.94. The minimum atomic E-state index is -4.43. The lowest BCUT2D eigenvalue weighted by molar-refractivity contribution is -0.153. The van der Waals surface area contributed by atoms with Crippen molar-refractivity contribution in [3.63, 3.8) is 0 Å². The molecule has 7 nitrogen and oxygen atoms in total. The van der Waals surface area contributed by atoms with E-state index in [1.54, 1.807) is 34.6 Å². The van der Waals surface area contributed by atoms with Crippen molar-refractivity contribution >= 4 is 27.5 Å². The summed E-state index contributed by atoms with van der Waals surface area (Å²) < 4.78 is 46.4. The molecule has 1 aliphatic carbocycles. The van der Waals surface area contributed by atoms with Crippen LogP contribution in [0.2, 0.25) is 0 Å². The monoisotopic (exact) mass is 489 g/mol. The molecule has 33 heavy (non-hydrogen) atoms. The molecule has 1 aliphatic rings. The molecule has 1 saturated carbocycles. The third-order valence-corrected chi connectivity index (χ3v) is 7.19. The molecule has 3 rings (SSSR count). The number of halogens is 3. The van der Waals surface area contributed by atoms with Crippen LogP contribution < -0.4 is 16.6 Å². The number of aromatic nitrogens is 2. The summed E-state index contributed by atoms with van der Waals surface area (Å²) in [5.41, 5.74) is -1.87. The Labute approximate surface area is 193 Å². The number of esters is 1. The van der Waals surface area contributed by atoms with E-state index in [0.717, 1.165) is 26.9 Å². The maximum atomic E-state index is 13.4. The second-order valence-electron chi connectivity index (χ2n) is 9.81. The largest absolute Gasteiger partial charge is 0.459 e. The van der Waals surface area contributed by atoms with Crippen molar-refractivity contribution in [1.82, 2.24) is 14.5 Å². The van der Waals surface area contributed by atoms with E-state index in [1.807, 2.05) is 0 Å². The number of hydrogen-bond acceptors (Lipinski definition) is 6. The highest BCUT2D eigenvalue weighted by Crippen LogP contribution is 2.37. The van der Waals surface area contributed by atoms with Crippen molar-refractivity contribution in [1.29, 1.82) is 0 Å². The van der Waals surface area contributed by atoms with Crippen LogP contribution in [0, 0.1) is 6.92 Å². The van der Waals surface area contributed by atoms with Gasteiger partial charge in [-0.05, 0) is 59.4 Å². The topological polar surface area (TPSA) is 82.3 Å². The fraction of sp³-hybridized carbons (Fsp3) is 0.682. The smallest absolute Gasteiger partial charge is 0.390 e. The van der Waals surface area contributed by atoms with E-state index >= 15 is 0 Å². The Kier molecular flexibility index (Phi) is 6.87. The van der Waals surface area contributed by atoms with Gasteiger partial charge in [0, 0.05) is 23.5 Å². The fourth-order valence-corrected chi connectivity index (χ4v) is 5.33. The molecule has 2 heterocycles. The van der Waals surface area contributed by atoms with Crippen molar-refractivity contribution in [2.75, 3.05) is 6.54 Å². The number of thiophene rings is 1. The first kappa shape index (κ1) is 25.5. The summed E-state index contributed by atoms with van der Waals surface area (Å²) in [4.78, 5) is 39.4. The van der Waals surface area contributed by atoms with Gasteiger partial charge in [-0.2, -0.15) is 13.2 Å². The number of hydrogen-bond donors (Lipinski definition) is 1. The minimum absolute atomic E-state index is 0.0614. The van der Waals surface area contributed by atoms with Crippen molar-refractivity contribution in [2.45, 2.75) is 90.7 Å². The zero-order chi connectivity index (χ0) is 24.8. The van der Waals surface area contributed by atoms with Crippen LogP contribution in [0.4, 0.5) is 13.2 Å². The van der Waals surface area contributed by atoms with Gasteiger partial charge in [-0.15, -0.1) is 11.3 Å². The van der Waals surface area contributed by atoms with Gasteiger partial charge in [0.1, 0.15) is 10.4 Å². The summed E-state index contributed by atoms with van der Waals surface area (Å²) in [7, 11) is 0. The average molecular weight is 490 g/mol. The molecule has 1 fully saturated rings. The summed E-state index contributed by atoms with van der Waals surface area (Å²) in [5, 5.41) is 3.23. The molecule has 0 aliphatic heterocycles. The number of ether oxygens (including phenoxy) is 1. The van der Waals surface area contributed by atoms with Crippen LogP contribution in [0.1, 0.15) is 63.8 Å². The van der Waals surface area contributed by atoms with Gasteiger partial charge < -0.3 is 10.1 Å². The van der Waals surface area contributed by atoms with Gasteiger partial charge in [0.15, 0.2) is 0 Å². The molecular weight excluding hydrogens is 459 g/mol. The van der Waals surface area contributed by atoms with E-state index in [-0.39, 0.29) is 23.3 Å². The quantitative estimate of drug-likeness (QED) is 0.598. The molecule has 1 N–H and O–H groups in total. The van der Waals surface area contributed by atoms with E-state index in [2.05, 4.69) is 5.32 Å². The maximum absolute atomic E-state index is 13.4. The Morgan fingerprint density at radius 1 is 1.21 bits per heavy atom. The van der Waals surface area contributed by atoms with E-state index in [4.69, 9.17) is 4.74 Å². The molecule has 11 heteroatoms. The summed E-state index contributed by atoms with van der Waals surface area (Å²) in [5.74, 6) is -0.441. The number of aryl methyl sites for hydroxylation is 2. The third-order valence-electron chi connectivity index (χ3n) is 5.88. The number of fused-ring (bicyclic) bond motifs is 1. The number of alkyl halides is 3. The summed E-state index contributed by atoms with van der Waals surface area (Å²) in [6, 6.07) is 0. The molecule has 0 amide bonds. The molecule has 0 bridgehead atoms. The summed E-state index contributed by atoms with van der Waals surface area (Å²) in [6.07, 6.45) is -3.50. The van der Waals surface area contributed by atoms with Crippen LogP contribution in [0.25, 0.3) is 10.2 Å². The van der Waals surface area contributed by atoms with Gasteiger partial charge in [-0.1, -0.05) is 0 Å². The normalized spacial score (nSPS) is 16.1. The molecule has 0 spiro atoms. The van der Waals surface area contributed by atoms with Gasteiger partial charge in [0.25, 0.3) is 5.56 Å². The lowest BCUT2D eigenvalue weighted by atomic mass is 9.78. The highest BCUT2D eigenvalue weighted by molar-refractivity contribution is 7.18. The highest BCUT2D eigenvalue weighted by Gasteiger charge is 2.38. The van der Waals surface area contributed by atoms with E-state index in [1.165, 1.54) is 0 Å². The predicted molar refractivity (Wildman–Crippen MR) is 121 cm³/mol. The van der Waals surface area contributed by atoms with Gasteiger partial charge in [-0.25, -0.2) is 4.79 Å². The van der Waals surface area contributed by atoms with Gasteiger partial charge in [0.05, 0.1) is 18.4 Å². The Morgan fingerprint density at radius 3 is 2.36 bits per heavy atom. The van der Waals surface area contributed by atoms with Gasteiger partial charge in [0.2, 0.25) is 0 Å². The molecule has 184 valence electrons. The molecule has 0 saturated heterocycles. The third kappa shape index (κ3) is 5.51. The molecule has 0 atom stereocenters. The SMILES string of the molecule is Cc1c(CNCC(=O)OC(C)(C)C)sc2c1c(=O)n(C1(C)CCC1)c(=O)n2CCC(F)(F)F. The Bertz CT molecular complexity index is 1170. The molecule has 2 aromatic heterocycles. The lowest BCUT2D eigenvalue weighted by Crippen LogP contribution is -2.53. The number of nitrogens with zero attached hydrogens (tertiary/aromatic N) is 2. The summed E-state index contributed by atoms with van der Waals surface area (Å²) in [6.45, 7) is 8.39. The maximum Gasteiger partial charge on any atom is 0.390 e. The van der Waals surface area contributed by atoms with E-state index in [0.29, 0.717) is 23.3 Å². The number of rotatable bonds is 7. The molecular formula is C22H30F3N3O4S. The first-order valence-corrected chi connectivity index (χ1v) is 11.7. The Hall–Kier alpha value is -2.14. The molecule has 0 unspecified atom stereocenters. The van der Waals surface area contributed by atoms with E-state index < -0.39 is 47.5 Å². The molecule has 0 radical (unpaired) electrons. The van der Waals surface area contributed by atoms with Crippen molar-refractivity contribution in [3.8, 4) is 0 Å². The van der Waals surface area contributed by atoms with Crippen LogP contribution >= 0.6 is 11.3 Å². The van der Waals surface area contributed by atoms with Crippen LogP contribution in [-0.2, 0) is 28.2 Å². The number of carbonyl (C=O) groups is 1. The number of carbonyl (C=O) groups excluding carboxylic acids is 1. The fourth-order valence-electron chi connectivity index (χ4n) is 4.04. The van der Waals surface area contributed by atoms with Crippen molar-refractivity contribution < 1.29 is 22.7 Å². The zero-order valence-corrected chi connectivity index (χ0v) is 20.3. The Morgan fingerprint density at radius 2 is 1.85 bits per heavy atom. The second-order valence-corrected chi connectivity index (χ2v) is 10.9. The zero-order valence-electron chi connectivity index (χ0n) is 19.5. The van der Waals surface area contributed by atoms with Crippen molar-refractivity contribution in [3.05, 3.63) is 31.3 Å².